The van der Waals surface area contributed by atoms with Crippen LogP contribution >= 0.6 is 0 Å². The summed E-state index contributed by atoms with van der Waals surface area (Å²) in [6.45, 7) is 0.328. The second-order valence-corrected chi connectivity index (χ2v) is 5.19. The fourth-order valence-corrected chi connectivity index (χ4v) is 2.18. The zero-order valence-corrected chi connectivity index (χ0v) is 13.3. The van der Waals surface area contributed by atoms with Gasteiger partial charge in [-0.15, -0.1) is 5.10 Å². The van der Waals surface area contributed by atoms with Gasteiger partial charge in [-0.2, -0.15) is 4.68 Å². The quantitative estimate of drug-likeness (QED) is 0.664. The molecule has 2 amide bonds. The van der Waals surface area contributed by atoms with Gasteiger partial charge in [0.25, 0.3) is 0 Å². The molecule has 0 saturated heterocycles. The number of amides is 2. The van der Waals surface area contributed by atoms with Gasteiger partial charge in [-0.3, -0.25) is 9.59 Å². The van der Waals surface area contributed by atoms with E-state index in [-0.39, 0.29) is 13.1 Å². The average Bonchev–Trinajstić information content (AvgIpc) is 3.14. The molecule has 3 aromatic rings. The van der Waals surface area contributed by atoms with Crippen LogP contribution in [0.1, 0.15) is 11.4 Å². The Balaban J connectivity index is 1.54. The number of aromatic nitrogens is 4. The molecule has 1 heterocycles. The maximum atomic E-state index is 11.9. The van der Waals surface area contributed by atoms with Crippen LogP contribution in [0.15, 0.2) is 60.7 Å². The molecule has 0 bridgehead atoms. The Labute approximate surface area is 143 Å². The highest BCUT2D eigenvalue weighted by molar-refractivity contribution is 6.35. The van der Waals surface area contributed by atoms with Crippen LogP contribution in [0.4, 0.5) is 0 Å². The zero-order valence-electron chi connectivity index (χ0n) is 13.3. The third-order valence-corrected chi connectivity index (χ3v) is 3.44. The molecular formula is C17H16N6O2. The minimum absolute atomic E-state index is 0.0412. The molecule has 126 valence electrons. The van der Waals surface area contributed by atoms with Gasteiger partial charge in [0.2, 0.25) is 0 Å². The van der Waals surface area contributed by atoms with Crippen molar-refractivity contribution in [3.8, 4) is 5.69 Å². The van der Waals surface area contributed by atoms with E-state index in [4.69, 9.17) is 0 Å². The first-order valence-electron chi connectivity index (χ1n) is 7.66. The van der Waals surface area contributed by atoms with E-state index in [2.05, 4.69) is 26.2 Å². The summed E-state index contributed by atoms with van der Waals surface area (Å²) in [5.74, 6) is -1.02. The van der Waals surface area contributed by atoms with Crippen molar-refractivity contribution in [1.82, 2.24) is 30.8 Å². The number of hydrogen-bond donors (Lipinski definition) is 2. The minimum Gasteiger partial charge on any atom is -0.344 e. The molecule has 0 unspecified atom stereocenters. The number of nitrogens with one attached hydrogen (secondary N) is 2. The number of benzene rings is 2. The van der Waals surface area contributed by atoms with Crippen LogP contribution in [0, 0.1) is 0 Å². The lowest BCUT2D eigenvalue weighted by Crippen LogP contribution is -2.39. The monoisotopic (exact) mass is 336 g/mol. The lowest BCUT2D eigenvalue weighted by atomic mass is 10.2. The van der Waals surface area contributed by atoms with Gasteiger partial charge in [0.15, 0.2) is 5.82 Å². The number of hydrogen-bond acceptors (Lipinski definition) is 5. The molecule has 0 atom stereocenters. The molecule has 0 saturated carbocycles. The maximum absolute atomic E-state index is 11.9. The van der Waals surface area contributed by atoms with Crippen LogP contribution in [-0.4, -0.2) is 32.0 Å². The standard InChI is InChI=1S/C17H16N6O2/c24-16(18-11-13-7-3-1-4-8-13)17(25)19-12-15-20-21-22-23(15)14-9-5-2-6-10-14/h1-10H,11-12H2,(H,18,24)(H,19,25). The third-order valence-electron chi connectivity index (χ3n) is 3.44. The molecule has 2 N–H and O–H groups in total. The van der Waals surface area contributed by atoms with Gasteiger partial charge in [-0.1, -0.05) is 48.5 Å². The van der Waals surface area contributed by atoms with E-state index in [0.29, 0.717) is 5.82 Å². The molecule has 0 radical (unpaired) electrons. The van der Waals surface area contributed by atoms with Crippen molar-refractivity contribution in [2.45, 2.75) is 13.1 Å². The number of tetrazole rings is 1. The lowest BCUT2D eigenvalue weighted by molar-refractivity contribution is -0.139. The predicted molar refractivity (Wildman–Crippen MR) is 89.3 cm³/mol. The van der Waals surface area contributed by atoms with Crippen molar-refractivity contribution in [1.29, 1.82) is 0 Å². The molecule has 25 heavy (non-hydrogen) atoms. The van der Waals surface area contributed by atoms with Crippen LogP contribution < -0.4 is 10.6 Å². The predicted octanol–water partition coefficient (Wildman–Crippen LogP) is 0.595. The van der Waals surface area contributed by atoms with Crippen molar-refractivity contribution in [3.63, 3.8) is 0 Å². The first kappa shape index (κ1) is 16.3. The molecule has 0 aliphatic heterocycles. The van der Waals surface area contributed by atoms with Gasteiger partial charge < -0.3 is 10.6 Å². The van der Waals surface area contributed by atoms with Crippen LogP contribution in [0.5, 0.6) is 0 Å². The summed E-state index contributed by atoms with van der Waals surface area (Å²) in [6.07, 6.45) is 0. The normalized spacial score (nSPS) is 10.2. The largest absolute Gasteiger partial charge is 0.344 e. The van der Waals surface area contributed by atoms with E-state index >= 15 is 0 Å². The maximum Gasteiger partial charge on any atom is 0.309 e. The topological polar surface area (TPSA) is 102 Å². The van der Waals surface area contributed by atoms with Gasteiger partial charge in [0, 0.05) is 6.54 Å². The smallest absolute Gasteiger partial charge is 0.309 e. The second kappa shape index (κ2) is 7.82. The number of nitrogens with zero attached hydrogens (tertiary/aromatic N) is 4. The van der Waals surface area contributed by atoms with Crippen LogP contribution in [-0.2, 0) is 22.7 Å². The summed E-state index contributed by atoms with van der Waals surface area (Å²) < 4.78 is 1.50. The fraction of sp³-hybridized carbons (Fsp3) is 0.118. The van der Waals surface area contributed by atoms with Crippen molar-refractivity contribution in [2.75, 3.05) is 0 Å². The van der Waals surface area contributed by atoms with E-state index in [1.54, 1.807) is 0 Å². The zero-order chi connectivity index (χ0) is 17.5. The summed E-state index contributed by atoms with van der Waals surface area (Å²) in [5, 5.41) is 16.5. The Bertz CT molecular complexity index is 848. The van der Waals surface area contributed by atoms with Crippen molar-refractivity contribution < 1.29 is 9.59 Å². The van der Waals surface area contributed by atoms with Crippen LogP contribution in [0.25, 0.3) is 5.69 Å². The lowest BCUT2D eigenvalue weighted by Gasteiger charge is -2.07. The molecule has 3 rings (SSSR count). The molecule has 8 nitrogen and oxygen atoms in total. The van der Waals surface area contributed by atoms with Crippen LogP contribution in [0.3, 0.4) is 0 Å². The fourth-order valence-electron chi connectivity index (χ4n) is 2.18. The number of para-hydroxylation sites is 1. The molecule has 0 fully saturated rings. The number of rotatable bonds is 5. The number of carbonyl (C=O) groups excluding carboxylic acids is 2. The van der Waals surface area contributed by atoms with Crippen molar-refractivity contribution >= 4 is 11.8 Å². The van der Waals surface area contributed by atoms with Crippen molar-refractivity contribution in [3.05, 3.63) is 72.1 Å². The Morgan fingerprint density at radius 3 is 2.12 bits per heavy atom. The van der Waals surface area contributed by atoms with E-state index in [9.17, 15) is 9.59 Å². The first-order chi connectivity index (χ1) is 12.2. The van der Waals surface area contributed by atoms with E-state index < -0.39 is 11.8 Å². The van der Waals surface area contributed by atoms with Gasteiger partial charge in [0.1, 0.15) is 0 Å². The summed E-state index contributed by atoms with van der Waals surface area (Å²) in [6, 6.07) is 18.6. The van der Waals surface area contributed by atoms with Crippen LogP contribution in [0.2, 0.25) is 0 Å². The summed E-state index contributed by atoms with van der Waals surface area (Å²) in [5.41, 5.74) is 1.68. The summed E-state index contributed by atoms with van der Waals surface area (Å²) in [4.78, 5) is 23.8. The van der Waals surface area contributed by atoms with Gasteiger partial charge in [0.05, 0.1) is 12.2 Å². The Morgan fingerprint density at radius 1 is 0.840 bits per heavy atom. The molecule has 0 aliphatic rings. The molecule has 0 aliphatic carbocycles. The summed E-state index contributed by atoms with van der Waals surface area (Å²) in [7, 11) is 0. The molecule has 2 aromatic carbocycles. The highest BCUT2D eigenvalue weighted by atomic mass is 16.2. The second-order valence-electron chi connectivity index (χ2n) is 5.19. The third kappa shape index (κ3) is 4.25. The van der Waals surface area contributed by atoms with E-state index in [0.717, 1.165) is 11.3 Å². The van der Waals surface area contributed by atoms with Gasteiger partial charge in [-0.05, 0) is 28.1 Å². The Hall–Kier alpha value is -3.55. The highest BCUT2D eigenvalue weighted by Crippen LogP contribution is 2.06. The Morgan fingerprint density at radius 2 is 1.44 bits per heavy atom. The molecular weight excluding hydrogens is 320 g/mol. The summed E-state index contributed by atoms with van der Waals surface area (Å²) >= 11 is 0. The minimum atomic E-state index is -0.737. The SMILES string of the molecule is O=C(NCc1ccccc1)C(=O)NCc1nnnn1-c1ccccc1. The highest BCUT2D eigenvalue weighted by Gasteiger charge is 2.15. The molecule has 0 spiro atoms. The van der Waals surface area contributed by atoms with E-state index in [1.807, 2.05) is 60.7 Å². The molecule has 1 aromatic heterocycles. The molecule has 8 heteroatoms. The average molecular weight is 336 g/mol. The van der Waals surface area contributed by atoms with Gasteiger partial charge in [-0.25, -0.2) is 0 Å². The Kier molecular flexibility index (Phi) is 5.10. The van der Waals surface area contributed by atoms with Crippen molar-refractivity contribution in [2.24, 2.45) is 0 Å². The number of carbonyl (C=O) groups is 2. The van der Waals surface area contributed by atoms with E-state index in [1.165, 1.54) is 4.68 Å². The van der Waals surface area contributed by atoms with Gasteiger partial charge >= 0.3 is 11.8 Å². The first-order valence-corrected chi connectivity index (χ1v) is 7.66.